The molecule has 7 heteroatoms. The predicted molar refractivity (Wildman–Crippen MR) is 101 cm³/mol. The first-order valence-corrected chi connectivity index (χ1v) is 10.2. The quantitative estimate of drug-likeness (QED) is 0.844. The van der Waals surface area contributed by atoms with Crippen LogP contribution in [0.1, 0.15) is 60.6 Å². The fourth-order valence-electron chi connectivity index (χ4n) is 3.89. The largest absolute Gasteiger partial charge is 0.338 e. The summed E-state index contributed by atoms with van der Waals surface area (Å²) in [6, 6.07) is 4.02. The van der Waals surface area contributed by atoms with Gasteiger partial charge in [0.1, 0.15) is 0 Å². The molecule has 2 amide bonds. The summed E-state index contributed by atoms with van der Waals surface area (Å²) in [4.78, 5) is 27.8. The second kappa shape index (κ2) is 7.61. The van der Waals surface area contributed by atoms with Crippen molar-refractivity contribution in [2.45, 2.75) is 57.4 Å². The number of carbonyl (C=O) groups excluding carboxylic acids is 2. The molecule has 1 aliphatic carbocycles. The van der Waals surface area contributed by atoms with Crippen LogP contribution in [-0.2, 0) is 22.6 Å². The molecule has 0 saturated heterocycles. The Bertz CT molecular complexity index is 791. The van der Waals surface area contributed by atoms with Crippen molar-refractivity contribution in [1.82, 2.24) is 15.1 Å². The average Bonchev–Trinajstić information content (AvgIpc) is 3.38. The zero-order chi connectivity index (χ0) is 17.9. The minimum atomic E-state index is -0.156. The van der Waals surface area contributed by atoms with Gasteiger partial charge in [-0.3, -0.25) is 14.7 Å². The van der Waals surface area contributed by atoms with Crippen molar-refractivity contribution >= 4 is 29.0 Å². The molecule has 0 aromatic carbocycles. The Kier molecular flexibility index (Phi) is 5.06. The Balaban J connectivity index is 1.24. The lowest BCUT2D eigenvalue weighted by Crippen LogP contribution is -2.35. The lowest BCUT2D eigenvalue weighted by atomic mass is 10.0. The van der Waals surface area contributed by atoms with Crippen LogP contribution in [0.3, 0.4) is 0 Å². The van der Waals surface area contributed by atoms with Crippen molar-refractivity contribution in [2.75, 3.05) is 11.9 Å². The van der Waals surface area contributed by atoms with Crippen LogP contribution in [0, 0.1) is 0 Å². The van der Waals surface area contributed by atoms with Crippen LogP contribution in [0.15, 0.2) is 17.5 Å². The first-order chi connectivity index (χ1) is 12.7. The van der Waals surface area contributed by atoms with Gasteiger partial charge in [-0.05, 0) is 36.3 Å². The van der Waals surface area contributed by atoms with E-state index in [-0.39, 0.29) is 24.7 Å². The number of nitrogens with zero attached hydrogens (tertiary/aromatic N) is 2. The Hall–Kier alpha value is -2.15. The summed E-state index contributed by atoms with van der Waals surface area (Å²) in [7, 11) is 0. The van der Waals surface area contributed by atoms with Crippen LogP contribution in [-0.4, -0.2) is 33.5 Å². The number of rotatable bonds is 5. The molecule has 2 aromatic rings. The number of amides is 2. The molecular weight excluding hydrogens is 348 g/mol. The van der Waals surface area contributed by atoms with Crippen molar-refractivity contribution in [1.29, 1.82) is 0 Å². The molecular formula is C19H24N4O2S. The van der Waals surface area contributed by atoms with Crippen LogP contribution in [0.5, 0.6) is 0 Å². The van der Waals surface area contributed by atoms with E-state index in [0.29, 0.717) is 18.3 Å². The Labute approximate surface area is 157 Å². The fourth-order valence-corrected chi connectivity index (χ4v) is 4.78. The summed E-state index contributed by atoms with van der Waals surface area (Å²) in [5.41, 5.74) is 2.35. The maximum absolute atomic E-state index is 12.4. The zero-order valence-corrected chi connectivity index (χ0v) is 15.6. The highest BCUT2D eigenvalue weighted by molar-refractivity contribution is 7.10. The van der Waals surface area contributed by atoms with E-state index in [1.807, 2.05) is 11.0 Å². The molecule has 2 N–H and O–H groups in total. The fraction of sp³-hybridized carbons (Fsp3) is 0.526. The second-order valence-electron chi connectivity index (χ2n) is 7.17. The number of thiophene rings is 1. The Morgan fingerprint density at radius 2 is 2.15 bits per heavy atom. The molecule has 1 saturated carbocycles. The highest BCUT2D eigenvalue weighted by Gasteiger charge is 2.22. The van der Waals surface area contributed by atoms with Gasteiger partial charge < -0.3 is 10.2 Å². The van der Waals surface area contributed by atoms with Gasteiger partial charge in [-0.2, -0.15) is 5.10 Å². The molecule has 1 fully saturated rings. The monoisotopic (exact) mass is 372 g/mol. The van der Waals surface area contributed by atoms with Crippen LogP contribution in [0.4, 0.5) is 5.82 Å². The number of hydrogen-bond acceptors (Lipinski definition) is 4. The summed E-state index contributed by atoms with van der Waals surface area (Å²) in [5, 5.41) is 12.1. The number of anilines is 1. The van der Waals surface area contributed by atoms with E-state index in [2.05, 4.69) is 27.0 Å². The van der Waals surface area contributed by atoms with Gasteiger partial charge in [0.25, 0.3) is 0 Å². The van der Waals surface area contributed by atoms with Gasteiger partial charge in [0.05, 0.1) is 0 Å². The molecule has 0 radical (unpaired) electrons. The third-order valence-electron chi connectivity index (χ3n) is 5.39. The molecule has 4 rings (SSSR count). The van der Waals surface area contributed by atoms with Crippen molar-refractivity contribution < 1.29 is 9.59 Å². The lowest BCUT2D eigenvalue weighted by molar-refractivity contribution is -0.133. The van der Waals surface area contributed by atoms with Crippen molar-refractivity contribution in [3.63, 3.8) is 0 Å². The van der Waals surface area contributed by atoms with Crippen molar-refractivity contribution in [3.8, 4) is 0 Å². The lowest BCUT2D eigenvalue weighted by Gasteiger charge is -2.27. The molecule has 3 heterocycles. The van der Waals surface area contributed by atoms with E-state index in [9.17, 15) is 9.59 Å². The molecule has 6 nitrogen and oxygen atoms in total. The number of aromatic nitrogens is 2. The van der Waals surface area contributed by atoms with Crippen LogP contribution in [0.25, 0.3) is 0 Å². The number of fused-ring (bicyclic) bond motifs is 1. The van der Waals surface area contributed by atoms with Crippen LogP contribution >= 0.6 is 11.3 Å². The highest BCUT2D eigenvalue weighted by Crippen LogP contribution is 2.33. The average molecular weight is 372 g/mol. The van der Waals surface area contributed by atoms with Crippen LogP contribution in [0.2, 0.25) is 0 Å². The summed E-state index contributed by atoms with van der Waals surface area (Å²) in [5.74, 6) is 0.989. The number of aromatic amines is 1. The number of carbonyl (C=O) groups is 2. The smallest absolute Gasteiger partial charge is 0.226 e. The molecule has 138 valence electrons. The molecule has 0 atom stereocenters. The topological polar surface area (TPSA) is 78.1 Å². The normalized spacial score (nSPS) is 17.3. The van der Waals surface area contributed by atoms with Crippen LogP contribution < -0.4 is 5.32 Å². The SMILES string of the molecule is O=C(CCC(=O)N1CCc2sccc2C1)Nc1cc(C2CCCC2)[nH]n1. The van der Waals surface area contributed by atoms with E-state index in [0.717, 1.165) is 18.7 Å². The standard InChI is InChI=1S/C19H24N4O2S/c24-18(20-17-11-15(21-22-17)13-3-1-2-4-13)5-6-19(25)23-9-7-16-14(12-23)8-10-26-16/h8,10-11,13H,1-7,9,12H2,(H2,20,21,22,24). The van der Waals surface area contributed by atoms with E-state index in [4.69, 9.17) is 0 Å². The summed E-state index contributed by atoms with van der Waals surface area (Å²) >= 11 is 1.76. The summed E-state index contributed by atoms with van der Waals surface area (Å²) < 4.78 is 0. The molecule has 2 aromatic heterocycles. The minimum absolute atomic E-state index is 0.0469. The third kappa shape index (κ3) is 3.82. The first kappa shape index (κ1) is 17.3. The van der Waals surface area contributed by atoms with Gasteiger partial charge in [0.2, 0.25) is 11.8 Å². The van der Waals surface area contributed by atoms with Gasteiger partial charge in [-0.15, -0.1) is 11.3 Å². The third-order valence-corrected chi connectivity index (χ3v) is 6.41. The van der Waals surface area contributed by atoms with Gasteiger partial charge in [0.15, 0.2) is 5.82 Å². The number of nitrogens with one attached hydrogen (secondary N) is 2. The Morgan fingerprint density at radius 3 is 3.00 bits per heavy atom. The summed E-state index contributed by atoms with van der Waals surface area (Å²) in [6.45, 7) is 1.42. The van der Waals surface area contributed by atoms with Crippen molar-refractivity contribution in [3.05, 3.63) is 33.6 Å². The van der Waals surface area contributed by atoms with Crippen molar-refractivity contribution in [2.24, 2.45) is 0 Å². The van der Waals surface area contributed by atoms with E-state index in [1.54, 1.807) is 11.3 Å². The van der Waals surface area contributed by atoms with E-state index < -0.39 is 0 Å². The maximum atomic E-state index is 12.4. The molecule has 26 heavy (non-hydrogen) atoms. The summed E-state index contributed by atoms with van der Waals surface area (Å²) in [6.07, 6.45) is 6.25. The van der Waals surface area contributed by atoms with Gasteiger partial charge in [-0.25, -0.2) is 0 Å². The zero-order valence-electron chi connectivity index (χ0n) is 14.8. The van der Waals surface area contributed by atoms with Gasteiger partial charge in [0, 0.05) is 48.5 Å². The Morgan fingerprint density at radius 1 is 1.31 bits per heavy atom. The molecule has 0 spiro atoms. The van der Waals surface area contributed by atoms with Gasteiger partial charge >= 0.3 is 0 Å². The van der Waals surface area contributed by atoms with E-state index in [1.165, 1.54) is 36.1 Å². The number of hydrogen-bond donors (Lipinski definition) is 2. The highest BCUT2D eigenvalue weighted by atomic mass is 32.1. The molecule has 1 aliphatic heterocycles. The maximum Gasteiger partial charge on any atom is 0.226 e. The van der Waals surface area contributed by atoms with Gasteiger partial charge in [-0.1, -0.05) is 12.8 Å². The van der Waals surface area contributed by atoms with E-state index >= 15 is 0 Å². The minimum Gasteiger partial charge on any atom is -0.338 e. The molecule has 0 bridgehead atoms. The predicted octanol–water partition coefficient (Wildman–Crippen LogP) is 3.43. The first-order valence-electron chi connectivity index (χ1n) is 9.37. The molecule has 2 aliphatic rings. The number of H-pyrrole nitrogens is 1. The second-order valence-corrected chi connectivity index (χ2v) is 8.17. The molecule has 0 unspecified atom stereocenters.